The molecular weight excluding hydrogens is 400 g/mol. The number of aliphatic hydroxyl groups is 1. The molecular formula is C27H32N2O3. The quantitative estimate of drug-likeness (QED) is 0.520. The van der Waals surface area contributed by atoms with E-state index in [-0.39, 0.29) is 24.5 Å². The van der Waals surface area contributed by atoms with E-state index in [4.69, 9.17) is 4.74 Å². The van der Waals surface area contributed by atoms with Gasteiger partial charge in [-0.2, -0.15) is 0 Å². The Morgan fingerprint density at radius 2 is 1.78 bits per heavy atom. The van der Waals surface area contributed by atoms with E-state index in [0.29, 0.717) is 5.88 Å². The number of hydrogen-bond acceptors (Lipinski definition) is 4. The number of aromatic nitrogens is 1. The van der Waals surface area contributed by atoms with Crippen LogP contribution in [0.2, 0.25) is 0 Å². The third-order valence-electron chi connectivity index (χ3n) is 5.64. The van der Waals surface area contributed by atoms with Gasteiger partial charge < -0.3 is 15.2 Å². The lowest BCUT2D eigenvalue weighted by Gasteiger charge is -2.30. The van der Waals surface area contributed by atoms with Crippen LogP contribution in [-0.4, -0.2) is 27.6 Å². The Bertz CT molecular complexity index is 1020. The summed E-state index contributed by atoms with van der Waals surface area (Å²) in [6, 6.07) is 21.6. The third kappa shape index (κ3) is 6.17. The Labute approximate surface area is 190 Å². The monoisotopic (exact) mass is 432 g/mol. The van der Waals surface area contributed by atoms with E-state index in [0.717, 1.165) is 17.5 Å². The lowest BCUT2D eigenvalue weighted by atomic mass is 9.85. The lowest BCUT2D eigenvalue weighted by Crippen LogP contribution is -2.51. The van der Waals surface area contributed by atoms with Gasteiger partial charge in [-0.1, -0.05) is 60.2 Å². The minimum Gasteiger partial charge on any atom is -0.462 e. The molecule has 0 fully saturated rings. The van der Waals surface area contributed by atoms with Gasteiger partial charge in [-0.15, -0.1) is 0 Å². The fourth-order valence-corrected chi connectivity index (χ4v) is 3.72. The second-order valence-corrected chi connectivity index (χ2v) is 8.74. The fraction of sp³-hybridized carbons (Fsp3) is 0.333. The molecule has 0 aliphatic rings. The zero-order chi connectivity index (χ0) is 23.1. The Hall–Kier alpha value is -3.18. The van der Waals surface area contributed by atoms with Crippen molar-refractivity contribution in [1.29, 1.82) is 0 Å². The average molecular weight is 433 g/mol. The van der Waals surface area contributed by atoms with E-state index >= 15 is 0 Å². The zero-order valence-electron chi connectivity index (χ0n) is 19.2. The molecule has 5 nitrogen and oxygen atoms in total. The van der Waals surface area contributed by atoms with Crippen molar-refractivity contribution in [2.45, 2.75) is 58.3 Å². The number of carbonyl (C=O) groups excluding carboxylic acids is 1. The molecule has 0 saturated carbocycles. The molecule has 0 saturated heterocycles. The molecule has 0 aliphatic heterocycles. The number of nitrogens with zero attached hydrogens (tertiary/aromatic N) is 1. The predicted molar refractivity (Wildman–Crippen MR) is 127 cm³/mol. The largest absolute Gasteiger partial charge is 0.462 e. The summed E-state index contributed by atoms with van der Waals surface area (Å²) >= 11 is 0. The van der Waals surface area contributed by atoms with Crippen molar-refractivity contribution in [3.05, 3.63) is 95.2 Å². The van der Waals surface area contributed by atoms with Gasteiger partial charge in [0.05, 0.1) is 6.61 Å². The Morgan fingerprint density at radius 1 is 1.06 bits per heavy atom. The maximum atomic E-state index is 13.1. The molecule has 2 unspecified atom stereocenters. The molecule has 5 heteroatoms. The summed E-state index contributed by atoms with van der Waals surface area (Å²) < 4.78 is 5.87. The molecule has 0 spiro atoms. The zero-order valence-corrected chi connectivity index (χ0v) is 19.2. The van der Waals surface area contributed by atoms with Crippen molar-refractivity contribution in [2.24, 2.45) is 0 Å². The topological polar surface area (TPSA) is 71.5 Å². The summed E-state index contributed by atoms with van der Waals surface area (Å²) in [5.41, 5.74) is 3.32. The molecule has 2 N–H and O–H groups in total. The predicted octanol–water partition coefficient (Wildman–Crippen LogP) is 4.57. The minimum absolute atomic E-state index is 0.0272. The normalized spacial score (nSPS) is 13.3. The van der Waals surface area contributed by atoms with Gasteiger partial charge in [0.15, 0.2) is 5.60 Å². The number of ether oxygens (including phenoxy) is 1. The van der Waals surface area contributed by atoms with Crippen LogP contribution in [0.5, 0.6) is 5.88 Å². The Morgan fingerprint density at radius 3 is 2.41 bits per heavy atom. The number of hydrogen-bond donors (Lipinski definition) is 2. The number of aliphatic hydroxyl groups excluding tert-OH is 1. The molecule has 1 amide bonds. The molecule has 3 aromatic rings. The van der Waals surface area contributed by atoms with Gasteiger partial charge in [-0.25, -0.2) is 4.98 Å². The van der Waals surface area contributed by atoms with Crippen LogP contribution >= 0.6 is 0 Å². The van der Waals surface area contributed by atoms with Gasteiger partial charge in [0.25, 0.3) is 5.91 Å². The molecule has 2 atom stereocenters. The highest BCUT2D eigenvalue weighted by molar-refractivity contribution is 5.85. The number of rotatable bonds is 9. The number of amides is 1. The van der Waals surface area contributed by atoms with E-state index in [1.807, 2.05) is 43.3 Å². The van der Waals surface area contributed by atoms with E-state index in [2.05, 4.69) is 41.5 Å². The Balaban J connectivity index is 1.79. The minimum atomic E-state index is -1.07. The summed E-state index contributed by atoms with van der Waals surface area (Å²) in [6.07, 6.45) is 2.40. The van der Waals surface area contributed by atoms with Crippen molar-refractivity contribution in [3.63, 3.8) is 0 Å². The van der Waals surface area contributed by atoms with Gasteiger partial charge >= 0.3 is 0 Å². The van der Waals surface area contributed by atoms with E-state index < -0.39 is 5.60 Å². The first-order valence-corrected chi connectivity index (χ1v) is 10.9. The third-order valence-corrected chi connectivity index (χ3v) is 5.64. The number of nitrogens with one attached hydrogen (secondary N) is 1. The SMILES string of the molecule is Cc1cccc(C(Cc2ccc(CO)cc2)C(C)NC(=O)C(C)(C)Oc2ccccn2)c1. The van der Waals surface area contributed by atoms with Crippen molar-refractivity contribution in [2.75, 3.05) is 0 Å². The molecule has 0 aliphatic carbocycles. The van der Waals surface area contributed by atoms with Crippen LogP contribution in [0, 0.1) is 6.92 Å². The summed E-state index contributed by atoms with van der Waals surface area (Å²) in [7, 11) is 0. The molecule has 0 bridgehead atoms. The molecule has 1 aromatic heterocycles. The van der Waals surface area contributed by atoms with Crippen LogP contribution in [0.25, 0.3) is 0 Å². The highest BCUT2D eigenvalue weighted by atomic mass is 16.5. The van der Waals surface area contributed by atoms with Gasteiger partial charge in [0, 0.05) is 24.2 Å². The van der Waals surface area contributed by atoms with E-state index in [1.54, 1.807) is 26.1 Å². The number of pyridine rings is 1. The molecule has 32 heavy (non-hydrogen) atoms. The molecule has 3 rings (SSSR count). The first-order chi connectivity index (χ1) is 15.3. The molecule has 0 radical (unpaired) electrons. The summed E-state index contributed by atoms with van der Waals surface area (Å²) in [6.45, 7) is 7.63. The summed E-state index contributed by atoms with van der Waals surface area (Å²) in [5.74, 6) is 0.299. The highest BCUT2D eigenvalue weighted by Crippen LogP contribution is 2.27. The van der Waals surface area contributed by atoms with Crippen LogP contribution in [0.4, 0.5) is 0 Å². The van der Waals surface area contributed by atoms with Crippen molar-refractivity contribution in [3.8, 4) is 5.88 Å². The van der Waals surface area contributed by atoms with E-state index in [1.165, 1.54) is 11.1 Å². The first-order valence-electron chi connectivity index (χ1n) is 10.9. The van der Waals surface area contributed by atoms with Gasteiger partial charge in [-0.3, -0.25) is 4.79 Å². The van der Waals surface area contributed by atoms with Gasteiger partial charge in [-0.05, 0) is 56.9 Å². The summed E-state index contributed by atoms with van der Waals surface area (Å²) in [5, 5.41) is 12.5. The lowest BCUT2D eigenvalue weighted by molar-refractivity contribution is -0.135. The van der Waals surface area contributed by atoms with Crippen molar-refractivity contribution >= 4 is 5.91 Å². The molecule has 2 aromatic carbocycles. The molecule has 168 valence electrons. The van der Waals surface area contributed by atoms with Crippen molar-refractivity contribution < 1.29 is 14.6 Å². The second-order valence-electron chi connectivity index (χ2n) is 8.74. The fourth-order valence-electron chi connectivity index (χ4n) is 3.72. The van der Waals surface area contributed by atoms with Crippen LogP contribution in [0.15, 0.2) is 72.9 Å². The molecule has 1 heterocycles. The smallest absolute Gasteiger partial charge is 0.263 e. The second kappa shape index (κ2) is 10.4. The number of aryl methyl sites for hydroxylation is 1. The average Bonchev–Trinajstić information content (AvgIpc) is 2.78. The van der Waals surface area contributed by atoms with Crippen LogP contribution in [-0.2, 0) is 17.8 Å². The van der Waals surface area contributed by atoms with Gasteiger partial charge in [0.1, 0.15) is 0 Å². The van der Waals surface area contributed by atoms with E-state index in [9.17, 15) is 9.90 Å². The maximum absolute atomic E-state index is 13.1. The summed E-state index contributed by atoms with van der Waals surface area (Å²) in [4.78, 5) is 17.3. The van der Waals surface area contributed by atoms with Crippen LogP contribution in [0.1, 0.15) is 48.9 Å². The van der Waals surface area contributed by atoms with Crippen LogP contribution < -0.4 is 10.1 Å². The number of carbonyl (C=O) groups is 1. The first kappa shape index (κ1) is 23.5. The van der Waals surface area contributed by atoms with Crippen LogP contribution in [0.3, 0.4) is 0 Å². The Kier molecular flexibility index (Phi) is 7.65. The van der Waals surface area contributed by atoms with Crippen molar-refractivity contribution in [1.82, 2.24) is 10.3 Å². The standard InChI is InChI=1S/C27H32N2O3/c1-19-8-7-9-23(16-19)24(17-21-11-13-22(18-30)14-12-21)20(2)29-26(31)27(3,4)32-25-10-5-6-15-28-25/h5-16,20,24,30H,17-18H2,1-4H3,(H,29,31). The van der Waals surface area contributed by atoms with Gasteiger partial charge in [0.2, 0.25) is 5.88 Å². The number of benzene rings is 2. The maximum Gasteiger partial charge on any atom is 0.263 e. The highest BCUT2D eigenvalue weighted by Gasteiger charge is 2.33.